The molecule has 0 radical (unpaired) electrons. The molecule has 0 atom stereocenters. The number of methoxy groups -OCH3 is 1. The average molecular weight is 418 g/mol. The molecule has 0 aliphatic rings. The summed E-state index contributed by atoms with van der Waals surface area (Å²) in [6.07, 6.45) is 2.91. The quantitative estimate of drug-likeness (QED) is 0.407. The Morgan fingerprint density at radius 2 is 1.65 bits per heavy atom. The molecule has 6 nitrogen and oxygen atoms in total. The SMILES string of the molecule is COc1nc(CC(C)C)c(OCc2ccccc2)nc1Cc1cn(O)c2ccccc12. The lowest BCUT2D eigenvalue weighted by Crippen LogP contribution is -2.10. The summed E-state index contributed by atoms with van der Waals surface area (Å²) in [5.41, 5.74) is 4.23. The third kappa shape index (κ3) is 4.63. The van der Waals surface area contributed by atoms with Gasteiger partial charge in [-0.25, -0.2) is 9.97 Å². The normalized spacial score (nSPS) is 11.2. The fourth-order valence-corrected chi connectivity index (χ4v) is 3.66. The van der Waals surface area contributed by atoms with Gasteiger partial charge >= 0.3 is 0 Å². The maximum atomic E-state index is 10.2. The van der Waals surface area contributed by atoms with Gasteiger partial charge in [0.15, 0.2) is 0 Å². The molecule has 2 heterocycles. The first-order valence-corrected chi connectivity index (χ1v) is 10.4. The molecule has 2 aromatic heterocycles. The Labute approximate surface area is 182 Å². The number of rotatable bonds is 8. The summed E-state index contributed by atoms with van der Waals surface area (Å²) in [7, 11) is 1.60. The highest BCUT2D eigenvalue weighted by molar-refractivity contribution is 5.83. The van der Waals surface area contributed by atoms with E-state index >= 15 is 0 Å². The molecule has 0 fully saturated rings. The van der Waals surface area contributed by atoms with Crippen LogP contribution in [-0.4, -0.2) is 27.0 Å². The highest BCUT2D eigenvalue weighted by atomic mass is 16.5. The van der Waals surface area contributed by atoms with Crippen LogP contribution in [0, 0.1) is 5.92 Å². The molecule has 0 aliphatic heterocycles. The first-order valence-electron chi connectivity index (χ1n) is 10.4. The van der Waals surface area contributed by atoms with Crippen LogP contribution in [0.25, 0.3) is 10.9 Å². The van der Waals surface area contributed by atoms with Crippen molar-refractivity contribution >= 4 is 10.9 Å². The second-order valence-corrected chi connectivity index (χ2v) is 8.00. The largest absolute Gasteiger partial charge is 0.480 e. The second kappa shape index (κ2) is 9.08. The predicted molar refractivity (Wildman–Crippen MR) is 120 cm³/mol. The third-order valence-corrected chi connectivity index (χ3v) is 5.11. The molecule has 0 spiro atoms. The van der Waals surface area contributed by atoms with Crippen molar-refractivity contribution < 1.29 is 14.7 Å². The van der Waals surface area contributed by atoms with Gasteiger partial charge in [-0.1, -0.05) is 62.4 Å². The number of para-hydroxylation sites is 1. The van der Waals surface area contributed by atoms with Crippen LogP contribution in [0.15, 0.2) is 60.8 Å². The molecule has 0 saturated heterocycles. The molecule has 160 valence electrons. The standard InChI is InChI=1S/C25H27N3O3/c1-17(2)13-21-25(31-16-18-9-5-4-6-10-18)27-22(24(26-21)30-3)14-19-15-28(29)23-12-8-7-11-20(19)23/h4-12,15,17,29H,13-14,16H2,1-3H3. The van der Waals surface area contributed by atoms with E-state index in [0.717, 1.165) is 38.9 Å². The van der Waals surface area contributed by atoms with E-state index in [1.807, 2.05) is 54.6 Å². The van der Waals surface area contributed by atoms with Crippen LogP contribution in [-0.2, 0) is 19.4 Å². The molecule has 0 aliphatic carbocycles. The molecule has 4 rings (SSSR count). The van der Waals surface area contributed by atoms with Gasteiger partial charge in [-0.05, 0) is 29.5 Å². The summed E-state index contributed by atoms with van der Waals surface area (Å²) >= 11 is 0. The Balaban J connectivity index is 1.70. The van der Waals surface area contributed by atoms with Gasteiger partial charge < -0.3 is 14.7 Å². The van der Waals surface area contributed by atoms with Gasteiger partial charge in [0, 0.05) is 18.0 Å². The zero-order valence-electron chi connectivity index (χ0n) is 18.1. The van der Waals surface area contributed by atoms with Crippen LogP contribution in [0.1, 0.15) is 36.4 Å². The number of fused-ring (bicyclic) bond motifs is 1. The highest BCUT2D eigenvalue weighted by Gasteiger charge is 2.19. The van der Waals surface area contributed by atoms with Crippen molar-refractivity contribution in [1.82, 2.24) is 14.7 Å². The van der Waals surface area contributed by atoms with Crippen LogP contribution in [0.5, 0.6) is 11.8 Å². The molecular formula is C25H27N3O3. The van der Waals surface area contributed by atoms with Gasteiger partial charge in [0.05, 0.1) is 12.6 Å². The molecule has 0 saturated carbocycles. The van der Waals surface area contributed by atoms with E-state index in [2.05, 4.69) is 13.8 Å². The van der Waals surface area contributed by atoms with E-state index in [-0.39, 0.29) is 0 Å². The van der Waals surface area contributed by atoms with Crippen LogP contribution < -0.4 is 9.47 Å². The molecule has 0 unspecified atom stereocenters. The molecule has 31 heavy (non-hydrogen) atoms. The first kappa shape index (κ1) is 20.7. The average Bonchev–Trinajstić information content (AvgIpc) is 3.09. The first-order chi connectivity index (χ1) is 15.0. The van der Waals surface area contributed by atoms with Crippen molar-refractivity contribution in [3.8, 4) is 11.8 Å². The lowest BCUT2D eigenvalue weighted by molar-refractivity contribution is 0.199. The fraction of sp³-hybridized carbons (Fsp3) is 0.280. The monoisotopic (exact) mass is 417 g/mol. The van der Waals surface area contributed by atoms with Crippen molar-refractivity contribution in [3.63, 3.8) is 0 Å². The Bertz CT molecular complexity index is 1170. The fourth-order valence-electron chi connectivity index (χ4n) is 3.66. The van der Waals surface area contributed by atoms with E-state index in [1.165, 1.54) is 0 Å². The molecule has 2 aromatic carbocycles. The summed E-state index contributed by atoms with van der Waals surface area (Å²) in [4.78, 5) is 9.57. The van der Waals surface area contributed by atoms with Gasteiger partial charge in [0.2, 0.25) is 11.8 Å². The maximum Gasteiger partial charge on any atom is 0.236 e. The Kier molecular flexibility index (Phi) is 6.07. The minimum Gasteiger partial charge on any atom is -0.480 e. The number of nitrogens with zero attached hydrogens (tertiary/aromatic N) is 3. The van der Waals surface area contributed by atoms with E-state index < -0.39 is 0 Å². The minimum atomic E-state index is 0.399. The summed E-state index contributed by atoms with van der Waals surface area (Å²) < 4.78 is 12.8. The molecule has 0 amide bonds. The van der Waals surface area contributed by atoms with Crippen LogP contribution in [0.3, 0.4) is 0 Å². The number of aromatic nitrogens is 3. The summed E-state index contributed by atoms with van der Waals surface area (Å²) in [6, 6.07) is 17.7. The van der Waals surface area contributed by atoms with Gasteiger partial charge in [-0.2, -0.15) is 4.73 Å². The molecule has 4 aromatic rings. The molecule has 0 bridgehead atoms. The zero-order chi connectivity index (χ0) is 21.8. The summed E-state index contributed by atoms with van der Waals surface area (Å²) in [5.74, 6) is 1.41. The van der Waals surface area contributed by atoms with E-state index in [9.17, 15) is 5.21 Å². The van der Waals surface area contributed by atoms with Crippen LogP contribution in [0.4, 0.5) is 0 Å². The lowest BCUT2D eigenvalue weighted by Gasteiger charge is -2.15. The second-order valence-electron chi connectivity index (χ2n) is 8.00. The van der Waals surface area contributed by atoms with E-state index in [1.54, 1.807) is 13.3 Å². The third-order valence-electron chi connectivity index (χ3n) is 5.11. The number of benzene rings is 2. The van der Waals surface area contributed by atoms with E-state index in [0.29, 0.717) is 36.4 Å². The summed E-state index contributed by atoms with van der Waals surface area (Å²) in [6.45, 7) is 4.70. The Hall–Kier alpha value is -3.54. The van der Waals surface area contributed by atoms with E-state index in [4.69, 9.17) is 19.4 Å². The van der Waals surface area contributed by atoms with Crippen molar-refractivity contribution in [3.05, 3.63) is 83.3 Å². The van der Waals surface area contributed by atoms with Crippen molar-refractivity contribution in [2.24, 2.45) is 5.92 Å². The predicted octanol–water partition coefficient (Wildman–Crippen LogP) is 5.05. The number of hydrogen-bond acceptors (Lipinski definition) is 5. The number of ether oxygens (including phenoxy) is 2. The molecule has 6 heteroatoms. The number of hydrogen-bond donors (Lipinski definition) is 1. The summed E-state index contributed by atoms with van der Waals surface area (Å²) in [5, 5.41) is 11.2. The van der Waals surface area contributed by atoms with Gasteiger partial charge in [-0.15, -0.1) is 0 Å². The molecule has 1 N–H and O–H groups in total. The van der Waals surface area contributed by atoms with Gasteiger partial charge in [0.1, 0.15) is 18.0 Å². The Morgan fingerprint density at radius 3 is 2.39 bits per heavy atom. The van der Waals surface area contributed by atoms with Crippen molar-refractivity contribution in [2.75, 3.05) is 7.11 Å². The maximum absolute atomic E-state index is 10.2. The highest BCUT2D eigenvalue weighted by Crippen LogP contribution is 2.29. The smallest absolute Gasteiger partial charge is 0.236 e. The van der Waals surface area contributed by atoms with Gasteiger partial charge in [-0.3, -0.25) is 0 Å². The zero-order valence-corrected chi connectivity index (χ0v) is 18.1. The van der Waals surface area contributed by atoms with Crippen LogP contribution >= 0.6 is 0 Å². The van der Waals surface area contributed by atoms with Crippen molar-refractivity contribution in [1.29, 1.82) is 0 Å². The Morgan fingerprint density at radius 1 is 0.935 bits per heavy atom. The van der Waals surface area contributed by atoms with Gasteiger partial charge in [0.25, 0.3) is 0 Å². The minimum absolute atomic E-state index is 0.399. The topological polar surface area (TPSA) is 69.4 Å². The van der Waals surface area contributed by atoms with Crippen molar-refractivity contribution in [2.45, 2.75) is 33.3 Å². The molecular weight excluding hydrogens is 390 g/mol. The van der Waals surface area contributed by atoms with Crippen LogP contribution in [0.2, 0.25) is 0 Å². The lowest BCUT2D eigenvalue weighted by atomic mass is 10.1.